The minimum absolute atomic E-state index is 0.159. The molecule has 0 fully saturated rings. The third-order valence-electron chi connectivity index (χ3n) is 5.40. The second kappa shape index (κ2) is 6.76. The summed E-state index contributed by atoms with van der Waals surface area (Å²) in [5.41, 5.74) is 0. The number of benzene rings is 3. The van der Waals surface area contributed by atoms with Gasteiger partial charge in [0, 0.05) is 21.1 Å². The standard InChI is InChI=1S/C23H24O3P2/c1-23(2,3)27(24)17-26-20-15-10-16-21(22(20)27)28(25,18-11-6-4-7-12-18)19-13-8-5-9-14-19/h4-16H,17H2,1-3H3/t27-/m1/s1. The molecule has 144 valence electrons. The second-order valence-electron chi connectivity index (χ2n) is 8.09. The van der Waals surface area contributed by atoms with Crippen molar-refractivity contribution in [2.45, 2.75) is 25.9 Å². The van der Waals surface area contributed by atoms with Gasteiger partial charge in [-0.1, -0.05) is 87.5 Å². The van der Waals surface area contributed by atoms with Gasteiger partial charge in [0.1, 0.15) is 12.1 Å². The Kier molecular flexibility index (Phi) is 4.65. The lowest BCUT2D eigenvalue weighted by molar-refractivity contribution is 0.389. The Hall–Kier alpha value is -2.08. The Bertz CT molecular complexity index is 1060. The maximum Gasteiger partial charge on any atom is 0.171 e. The summed E-state index contributed by atoms with van der Waals surface area (Å²) in [4.78, 5) is 0. The zero-order valence-corrected chi connectivity index (χ0v) is 18.1. The highest BCUT2D eigenvalue weighted by Crippen LogP contribution is 2.62. The molecule has 0 N–H and O–H groups in total. The molecule has 0 aromatic heterocycles. The molecule has 0 spiro atoms. The molecular weight excluding hydrogens is 386 g/mol. The average molecular weight is 410 g/mol. The number of rotatable bonds is 3. The van der Waals surface area contributed by atoms with Crippen molar-refractivity contribution in [3.8, 4) is 5.75 Å². The highest BCUT2D eigenvalue weighted by Gasteiger charge is 2.49. The summed E-state index contributed by atoms with van der Waals surface area (Å²) in [6.45, 7) is 5.91. The van der Waals surface area contributed by atoms with Gasteiger partial charge in [-0.05, 0) is 12.1 Å². The first-order chi connectivity index (χ1) is 13.3. The van der Waals surface area contributed by atoms with E-state index in [1.54, 1.807) is 0 Å². The Labute approximate surface area is 166 Å². The van der Waals surface area contributed by atoms with Crippen molar-refractivity contribution in [1.29, 1.82) is 0 Å². The summed E-state index contributed by atoms with van der Waals surface area (Å²) in [6.07, 6.45) is 0.159. The van der Waals surface area contributed by atoms with E-state index in [1.165, 1.54) is 0 Å². The quantitative estimate of drug-likeness (QED) is 0.599. The van der Waals surface area contributed by atoms with Crippen molar-refractivity contribution in [1.82, 2.24) is 0 Å². The van der Waals surface area contributed by atoms with Crippen LogP contribution in [0.15, 0.2) is 78.9 Å². The Balaban J connectivity index is 2.09. The molecule has 3 aromatic carbocycles. The van der Waals surface area contributed by atoms with Crippen LogP contribution in [-0.2, 0) is 9.13 Å². The summed E-state index contributed by atoms with van der Waals surface area (Å²) in [5, 5.41) is 2.28. The molecule has 0 radical (unpaired) electrons. The van der Waals surface area contributed by atoms with Crippen LogP contribution in [0.4, 0.5) is 0 Å². The van der Waals surface area contributed by atoms with Gasteiger partial charge in [0.2, 0.25) is 0 Å². The van der Waals surface area contributed by atoms with E-state index in [2.05, 4.69) is 0 Å². The Morgan fingerprint density at radius 2 is 1.36 bits per heavy atom. The molecular formula is C23H24O3P2. The van der Waals surface area contributed by atoms with E-state index in [1.807, 2.05) is 99.6 Å². The topological polar surface area (TPSA) is 43.4 Å². The molecule has 0 bridgehead atoms. The highest BCUT2D eigenvalue weighted by atomic mass is 31.2. The van der Waals surface area contributed by atoms with Crippen LogP contribution in [0.2, 0.25) is 0 Å². The third kappa shape index (κ3) is 2.81. The molecule has 1 atom stereocenters. The van der Waals surface area contributed by atoms with E-state index in [4.69, 9.17) is 4.74 Å². The van der Waals surface area contributed by atoms with E-state index in [0.29, 0.717) is 16.4 Å². The van der Waals surface area contributed by atoms with E-state index in [-0.39, 0.29) is 6.35 Å². The predicted molar refractivity (Wildman–Crippen MR) is 118 cm³/mol. The summed E-state index contributed by atoms with van der Waals surface area (Å²) in [5.74, 6) is 0.600. The maximum absolute atomic E-state index is 14.8. The first-order valence-electron chi connectivity index (χ1n) is 9.36. The molecule has 3 aromatic rings. The van der Waals surface area contributed by atoms with Gasteiger partial charge < -0.3 is 13.9 Å². The second-order valence-corrected chi connectivity index (χ2v) is 14.3. The number of hydrogen-bond acceptors (Lipinski definition) is 3. The summed E-state index contributed by atoms with van der Waals surface area (Å²) in [7, 11) is -6.13. The molecule has 4 rings (SSSR count). The summed E-state index contributed by atoms with van der Waals surface area (Å²) in [6, 6.07) is 24.5. The molecule has 0 amide bonds. The van der Waals surface area contributed by atoms with Gasteiger partial charge >= 0.3 is 0 Å². The van der Waals surface area contributed by atoms with Crippen LogP contribution in [0, 0.1) is 0 Å². The fourth-order valence-corrected chi connectivity index (χ4v) is 9.80. The molecule has 1 aliphatic heterocycles. The van der Waals surface area contributed by atoms with Gasteiger partial charge in [0.05, 0.1) is 5.30 Å². The minimum Gasteiger partial charge on any atom is -0.485 e. The van der Waals surface area contributed by atoms with Crippen molar-refractivity contribution in [3.05, 3.63) is 78.9 Å². The van der Waals surface area contributed by atoms with Gasteiger partial charge in [-0.25, -0.2) is 0 Å². The van der Waals surface area contributed by atoms with Crippen LogP contribution >= 0.6 is 14.3 Å². The number of hydrogen-bond donors (Lipinski definition) is 0. The lowest BCUT2D eigenvalue weighted by atomic mass is 10.3. The highest BCUT2D eigenvalue weighted by molar-refractivity contribution is 7.87. The molecule has 1 aliphatic rings. The van der Waals surface area contributed by atoms with Crippen molar-refractivity contribution >= 4 is 35.5 Å². The van der Waals surface area contributed by atoms with Crippen LogP contribution < -0.4 is 26.0 Å². The maximum atomic E-state index is 14.8. The average Bonchev–Trinajstić information content (AvgIpc) is 3.07. The molecule has 1 heterocycles. The van der Waals surface area contributed by atoms with Crippen LogP contribution in [0.25, 0.3) is 0 Å². The zero-order chi connectivity index (χ0) is 20.0. The van der Waals surface area contributed by atoms with Crippen LogP contribution in [-0.4, -0.2) is 11.5 Å². The lowest BCUT2D eigenvalue weighted by Crippen LogP contribution is -2.36. The predicted octanol–water partition coefficient (Wildman–Crippen LogP) is 4.46. The Morgan fingerprint density at radius 1 is 0.821 bits per heavy atom. The van der Waals surface area contributed by atoms with Crippen LogP contribution in [0.3, 0.4) is 0 Å². The molecule has 3 nitrogen and oxygen atoms in total. The number of fused-ring (bicyclic) bond motifs is 1. The minimum atomic E-state index is -3.22. The molecule has 0 unspecified atom stereocenters. The van der Waals surface area contributed by atoms with Gasteiger partial charge in [0.25, 0.3) is 0 Å². The molecule has 5 heteroatoms. The van der Waals surface area contributed by atoms with Gasteiger partial charge in [0.15, 0.2) is 14.3 Å². The van der Waals surface area contributed by atoms with Gasteiger partial charge in [-0.2, -0.15) is 0 Å². The Morgan fingerprint density at radius 3 is 1.86 bits per heavy atom. The van der Waals surface area contributed by atoms with Crippen LogP contribution in [0.1, 0.15) is 20.8 Å². The van der Waals surface area contributed by atoms with Crippen molar-refractivity contribution in [2.24, 2.45) is 0 Å². The van der Waals surface area contributed by atoms with Crippen molar-refractivity contribution in [2.75, 3.05) is 6.35 Å². The van der Waals surface area contributed by atoms with E-state index >= 15 is 0 Å². The molecule has 0 saturated heterocycles. The molecule has 0 aliphatic carbocycles. The lowest BCUT2D eigenvalue weighted by Gasteiger charge is -2.30. The van der Waals surface area contributed by atoms with Crippen molar-refractivity contribution < 1.29 is 13.9 Å². The smallest absolute Gasteiger partial charge is 0.171 e. The molecule has 28 heavy (non-hydrogen) atoms. The summed E-state index contributed by atoms with van der Waals surface area (Å²) < 4.78 is 34.8. The first-order valence-corrected chi connectivity index (χ1v) is 13.0. The van der Waals surface area contributed by atoms with E-state index < -0.39 is 19.4 Å². The largest absolute Gasteiger partial charge is 0.485 e. The van der Waals surface area contributed by atoms with E-state index in [0.717, 1.165) is 10.6 Å². The van der Waals surface area contributed by atoms with Crippen molar-refractivity contribution in [3.63, 3.8) is 0 Å². The zero-order valence-electron chi connectivity index (χ0n) is 16.3. The SMILES string of the molecule is CC(C)(C)[P@@]1(=O)COc2cccc(P(=O)(c3ccccc3)c3ccccc3)c21. The molecule has 0 saturated carbocycles. The normalized spacial score (nSPS) is 19.1. The fourth-order valence-electron chi connectivity index (χ4n) is 3.70. The monoisotopic (exact) mass is 410 g/mol. The summed E-state index contributed by atoms with van der Waals surface area (Å²) >= 11 is 0. The van der Waals surface area contributed by atoms with Gasteiger partial charge in [-0.15, -0.1) is 0 Å². The fraction of sp³-hybridized carbons (Fsp3) is 0.217. The first kappa shape index (κ1) is 19.2. The van der Waals surface area contributed by atoms with Gasteiger partial charge in [-0.3, -0.25) is 0 Å². The van der Waals surface area contributed by atoms with Crippen LogP contribution in [0.5, 0.6) is 5.75 Å². The number of ether oxygens (including phenoxy) is 1. The van der Waals surface area contributed by atoms with E-state index in [9.17, 15) is 9.13 Å². The third-order valence-corrected chi connectivity index (χ3v) is 12.5.